The van der Waals surface area contributed by atoms with Crippen LogP contribution in [0.5, 0.6) is 11.6 Å². The molecule has 3 aromatic heterocycles. The van der Waals surface area contributed by atoms with E-state index in [4.69, 9.17) is 33.7 Å². The molecule has 11 heteroatoms. The van der Waals surface area contributed by atoms with E-state index in [0.29, 0.717) is 37.6 Å². The Hall–Kier alpha value is -2.59. The van der Waals surface area contributed by atoms with Crippen LogP contribution >= 0.6 is 46.3 Å². The molecule has 0 aliphatic carbocycles. The number of anilines is 1. The van der Waals surface area contributed by atoms with Crippen molar-refractivity contribution in [3.05, 3.63) is 58.6 Å². The molecule has 0 spiro atoms. The second kappa shape index (κ2) is 7.34. The van der Waals surface area contributed by atoms with Crippen molar-refractivity contribution in [2.75, 3.05) is 5.73 Å². The van der Waals surface area contributed by atoms with Gasteiger partial charge in [0.2, 0.25) is 11.0 Å². The molecule has 29 heavy (non-hydrogen) atoms. The van der Waals surface area contributed by atoms with Gasteiger partial charge in [-0.15, -0.1) is 15.3 Å². The zero-order valence-electron chi connectivity index (χ0n) is 14.4. The molecule has 144 valence electrons. The Labute approximate surface area is 182 Å². The summed E-state index contributed by atoms with van der Waals surface area (Å²) in [6.07, 6.45) is 0. The summed E-state index contributed by atoms with van der Waals surface area (Å²) in [5, 5.41) is 14.9. The second-order valence-electron chi connectivity index (χ2n) is 5.89. The van der Waals surface area contributed by atoms with Crippen LogP contribution in [-0.2, 0) is 0 Å². The molecular weight excluding hydrogens is 451 g/mol. The number of hydrogen-bond acceptors (Lipinski definition) is 8. The van der Waals surface area contributed by atoms with Gasteiger partial charge in [0.25, 0.3) is 0 Å². The van der Waals surface area contributed by atoms with Crippen molar-refractivity contribution in [3.63, 3.8) is 0 Å². The lowest BCUT2D eigenvalue weighted by Gasteiger charge is -2.06. The van der Waals surface area contributed by atoms with E-state index in [1.54, 1.807) is 34.8 Å². The molecule has 0 saturated heterocycles. The first kappa shape index (κ1) is 18.4. The van der Waals surface area contributed by atoms with Crippen molar-refractivity contribution in [1.82, 2.24) is 24.8 Å². The SMILES string of the molecule is Nc1nc2ccc(Sc3nnc4ccc(Oc5ccc(Cl)c(Cl)c5)nn34)cc2s1. The van der Waals surface area contributed by atoms with Crippen LogP contribution in [0.3, 0.4) is 0 Å². The molecule has 3 heterocycles. The quantitative estimate of drug-likeness (QED) is 0.374. The van der Waals surface area contributed by atoms with Crippen LogP contribution in [0.1, 0.15) is 0 Å². The van der Waals surface area contributed by atoms with E-state index in [2.05, 4.69) is 20.3 Å². The van der Waals surface area contributed by atoms with Gasteiger partial charge in [0.1, 0.15) is 5.75 Å². The Morgan fingerprint density at radius 2 is 1.90 bits per heavy atom. The molecule has 2 aromatic carbocycles. The number of nitrogens with zero attached hydrogens (tertiary/aromatic N) is 5. The van der Waals surface area contributed by atoms with Crippen molar-refractivity contribution in [2.24, 2.45) is 0 Å². The van der Waals surface area contributed by atoms with Crippen molar-refractivity contribution < 1.29 is 4.74 Å². The number of thiazole rings is 1. The maximum atomic E-state index is 6.04. The van der Waals surface area contributed by atoms with E-state index in [-0.39, 0.29) is 0 Å². The molecule has 2 N–H and O–H groups in total. The number of benzene rings is 2. The fourth-order valence-corrected chi connectivity index (χ4v) is 4.59. The number of nitrogen functional groups attached to an aromatic ring is 1. The lowest BCUT2D eigenvalue weighted by molar-refractivity contribution is 0.449. The summed E-state index contributed by atoms with van der Waals surface area (Å²) in [4.78, 5) is 5.25. The number of halogens is 2. The number of nitrogens with two attached hydrogens (primary N) is 1. The molecule has 7 nitrogen and oxygen atoms in total. The normalized spacial score (nSPS) is 11.4. The minimum atomic E-state index is 0.378. The highest BCUT2D eigenvalue weighted by atomic mass is 35.5. The molecule has 0 aliphatic rings. The summed E-state index contributed by atoms with van der Waals surface area (Å²) in [6, 6.07) is 14.4. The van der Waals surface area contributed by atoms with Gasteiger partial charge >= 0.3 is 0 Å². The van der Waals surface area contributed by atoms with E-state index in [1.165, 1.54) is 23.1 Å². The van der Waals surface area contributed by atoms with Gasteiger partial charge in [0, 0.05) is 17.0 Å². The van der Waals surface area contributed by atoms with Crippen LogP contribution in [0.4, 0.5) is 5.13 Å². The predicted octanol–water partition coefficient (Wildman–Crippen LogP) is 5.57. The fourth-order valence-electron chi connectivity index (χ4n) is 2.62. The zero-order valence-corrected chi connectivity index (χ0v) is 17.6. The van der Waals surface area contributed by atoms with Gasteiger partial charge in [-0.2, -0.15) is 4.52 Å². The molecule has 0 bridgehead atoms. The van der Waals surface area contributed by atoms with E-state index in [1.807, 2.05) is 18.2 Å². The lowest BCUT2D eigenvalue weighted by atomic mass is 10.3. The second-order valence-corrected chi connectivity index (χ2v) is 8.80. The molecule has 5 rings (SSSR count). The van der Waals surface area contributed by atoms with Crippen molar-refractivity contribution >= 4 is 67.3 Å². The monoisotopic (exact) mass is 460 g/mol. The molecular formula is C18H10Cl2N6OS2. The summed E-state index contributed by atoms with van der Waals surface area (Å²) in [5.41, 5.74) is 7.27. The maximum absolute atomic E-state index is 6.04. The summed E-state index contributed by atoms with van der Waals surface area (Å²) >= 11 is 14.9. The van der Waals surface area contributed by atoms with Crippen molar-refractivity contribution in [1.29, 1.82) is 0 Å². The average molecular weight is 461 g/mol. The molecule has 0 saturated carbocycles. The summed E-state index contributed by atoms with van der Waals surface area (Å²) < 4.78 is 8.44. The lowest BCUT2D eigenvalue weighted by Crippen LogP contribution is -1.97. The van der Waals surface area contributed by atoms with Gasteiger partial charge in [-0.05, 0) is 48.2 Å². The minimum Gasteiger partial charge on any atom is -0.438 e. The highest BCUT2D eigenvalue weighted by molar-refractivity contribution is 7.99. The molecule has 0 aliphatic heterocycles. The third-order valence-corrected chi connectivity index (χ3v) is 6.42. The zero-order chi connectivity index (χ0) is 20.0. The Morgan fingerprint density at radius 1 is 1.00 bits per heavy atom. The molecule has 0 amide bonds. The van der Waals surface area contributed by atoms with Crippen LogP contribution in [-0.4, -0.2) is 24.8 Å². The standard InChI is InChI=1S/C18H10Cl2N6OS2/c19-11-3-1-9(7-12(11)20)27-16-6-5-15-23-24-18(26(15)25-16)28-10-2-4-13-14(8-10)29-17(21)22-13/h1-8H,(H2,21,22). The van der Waals surface area contributed by atoms with Gasteiger partial charge in [0.05, 0.1) is 20.3 Å². The Kier molecular flexibility index (Phi) is 4.67. The Bertz CT molecular complexity index is 1370. The number of rotatable bonds is 4. The molecule has 0 radical (unpaired) electrons. The molecule has 5 aromatic rings. The largest absolute Gasteiger partial charge is 0.438 e. The first-order valence-corrected chi connectivity index (χ1v) is 10.6. The molecule has 0 fully saturated rings. The summed E-state index contributed by atoms with van der Waals surface area (Å²) in [5.74, 6) is 0.907. The number of ether oxygens (including phenoxy) is 1. The van der Waals surface area contributed by atoms with E-state index >= 15 is 0 Å². The Balaban J connectivity index is 1.46. The predicted molar refractivity (Wildman–Crippen MR) is 115 cm³/mol. The highest BCUT2D eigenvalue weighted by Gasteiger charge is 2.12. The van der Waals surface area contributed by atoms with E-state index in [0.717, 1.165) is 15.1 Å². The molecule has 0 unspecified atom stereocenters. The van der Waals surface area contributed by atoms with Crippen molar-refractivity contribution in [3.8, 4) is 11.6 Å². The average Bonchev–Trinajstić information content (AvgIpc) is 3.27. The van der Waals surface area contributed by atoms with Crippen molar-refractivity contribution in [2.45, 2.75) is 10.1 Å². The van der Waals surface area contributed by atoms with Crippen LogP contribution in [0.2, 0.25) is 10.0 Å². The van der Waals surface area contributed by atoms with Gasteiger partial charge in [-0.25, -0.2) is 4.98 Å². The number of aromatic nitrogens is 5. The van der Waals surface area contributed by atoms with Gasteiger partial charge in [-0.3, -0.25) is 0 Å². The first-order valence-electron chi connectivity index (χ1n) is 8.24. The van der Waals surface area contributed by atoms with Crippen LogP contribution < -0.4 is 10.5 Å². The Morgan fingerprint density at radius 3 is 2.76 bits per heavy atom. The smallest absolute Gasteiger partial charge is 0.237 e. The number of hydrogen-bond donors (Lipinski definition) is 1. The van der Waals surface area contributed by atoms with Gasteiger partial charge in [-0.1, -0.05) is 34.5 Å². The summed E-state index contributed by atoms with van der Waals surface area (Å²) in [6.45, 7) is 0. The summed E-state index contributed by atoms with van der Waals surface area (Å²) in [7, 11) is 0. The van der Waals surface area contributed by atoms with E-state index < -0.39 is 0 Å². The van der Waals surface area contributed by atoms with Gasteiger partial charge in [0.15, 0.2) is 10.8 Å². The third-order valence-electron chi connectivity index (χ3n) is 3.91. The highest BCUT2D eigenvalue weighted by Crippen LogP contribution is 2.33. The van der Waals surface area contributed by atoms with Gasteiger partial charge < -0.3 is 10.5 Å². The number of fused-ring (bicyclic) bond motifs is 2. The minimum absolute atomic E-state index is 0.378. The first-order chi connectivity index (χ1) is 14.0. The third kappa shape index (κ3) is 3.69. The topological polar surface area (TPSA) is 91.2 Å². The van der Waals surface area contributed by atoms with Crippen LogP contribution in [0.15, 0.2) is 58.6 Å². The molecule has 0 atom stereocenters. The van der Waals surface area contributed by atoms with Crippen LogP contribution in [0, 0.1) is 0 Å². The van der Waals surface area contributed by atoms with E-state index in [9.17, 15) is 0 Å². The fraction of sp³-hybridized carbons (Fsp3) is 0. The maximum Gasteiger partial charge on any atom is 0.237 e. The van der Waals surface area contributed by atoms with Crippen LogP contribution in [0.25, 0.3) is 15.9 Å².